The normalized spacial score (nSPS) is 12.7. The van der Waals surface area contributed by atoms with Gasteiger partial charge in [0.15, 0.2) is 0 Å². The van der Waals surface area contributed by atoms with Crippen LogP contribution in [0.25, 0.3) is 0 Å². The Labute approximate surface area is 105 Å². The summed E-state index contributed by atoms with van der Waals surface area (Å²) in [6.07, 6.45) is -0.440. The molecule has 0 heterocycles. The van der Waals surface area contributed by atoms with Crippen molar-refractivity contribution < 1.29 is 31.0 Å². The molecule has 1 rings (SSSR count). The van der Waals surface area contributed by atoms with E-state index in [9.17, 15) is 21.9 Å². The second kappa shape index (κ2) is 4.94. The van der Waals surface area contributed by atoms with Crippen LogP contribution < -0.4 is 0 Å². The SMILES string of the molecule is Cc1cc(S(=O)(=O)O)c(CC[O])c(S(=O)(=O)O)c1. The predicted octanol–water partition coefficient (Wildman–Crippen LogP) is 0.461. The predicted molar refractivity (Wildman–Crippen MR) is 60.1 cm³/mol. The van der Waals surface area contributed by atoms with Gasteiger partial charge in [-0.15, -0.1) is 0 Å². The van der Waals surface area contributed by atoms with Gasteiger partial charge in [-0.1, -0.05) is 0 Å². The molecule has 1 aromatic rings. The smallest absolute Gasteiger partial charge is 0.282 e. The summed E-state index contributed by atoms with van der Waals surface area (Å²) < 4.78 is 62.6. The standard InChI is InChI=1S/C9H11O7S2/c1-6-4-8(17(11,12)13)7(2-3-10)9(5-6)18(14,15)16/h4-5H,2-3H2,1H3,(H,11,12,13)(H,14,15,16). The van der Waals surface area contributed by atoms with Gasteiger partial charge < -0.3 is 0 Å². The number of hydrogen-bond donors (Lipinski definition) is 2. The molecular weight excluding hydrogens is 284 g/mol. The molecule has 0 fully saturated rings. The van der Waals surface area contributed by atoms with E-state index in [4.69, 9.17) is 9.11 Å². The average molecular weight is 295 g/mol. The third-order valence-corrected chi connectivity index (χ3v) is 4.06. The molecule has 1 aromatic carbocycles. The van der Waals surface area contributed by atoms with Crippen molar-refractivity contribution in [3.05, 3.63) is 23.3 Å². The Morgan fingerprint density at radius 1 is 1.00 bits per heavy atom. The van der Waals surface area contributed by atoms with Crippen LogP contribution in [-0.4, -0.2) is 32.5 Å². The van der Waals surface area contributed by atoms with E-state index in [2.05, 4.69) is 0 Å². The summed E-state index contributed by atoms with van der Waals surface area (Å²) in [6.45, 7) is 0.610. The molecule has 0 amide bonds. The molecule has 1 radical (unpaired) electrons. The fourth-order valence-electron chi connectivity index (χ4n) is 1.56. The Bertz CT molecular complexity index is 605. The Morgan fingerprint density at radius 3 is 1.67 bits per heavy atom. The zero-order valence-electron chi connectivity index (χ0n) is 9.32. The Kier molecular flexibility index (Phi) is 4.13. The van der Waals surface area contributed by atoms with Crippen molar-refractivity contribution in [3.8, 4) is 0 Å². The Morgan fingerprint density at radius 2 is 1.39 bits per heavy atom. The topological polar surface area (TPSA) is 129 Å². The van der Waals surface area contributed by atoms with Gasteiger partial charge in [0.1, 0.15) is 0 Å². The molecule has 9 heteroatoms. The van der Waals surface area contributed by atoms with Gasteiger partial charge >= 0.3 is 0 Å². The third-order valence-electron chi connectivity index (χ3n) is 2.22. The van der Waals surface area contributed by atoms with E-state index in [1.54, 1.807) is 0 Å². The zero-order chi connectivity index (χ0) is 14.1. The zero-order valence-corrected chi connectivity index (χ0v) is 11.0. The average Bonchev–Trinajstić information content (AvgIpc) is 2.17. The molecule has 0 bridgehead atoms. The van der Waals surface area contributed by atoms with E-state index in [0.29, 0.717) is 0 Å². The molecule has 18 heavy (non-hydrogen) atoms. The molecule has 0 unspecified atom stereocenters. The van der Waals surface area contributed by atoms with Gasteiger partial charge in [-0.2, -0.15) is 16.8 Å². The molecule has 0 spiro atoms. The van der Waals surface area contributed by atoms with Crippen LogP contribution in [0.1, 0.15) is 11.1 Å². The minimum Gasteiger partial charge on any atom is -0.282 e. The molecule has 0 saturated carbocycles. The van der Waals surface area contributed by atoms with Crippen molar-refractivity contribution in [1.82, 2.24) is 0 Å². The number of benzene rings is 1. The molecule has 0 aromatic heterocycles. The van der Waals surface area contributed by atoms with E-state index in [1.807, 2.05) is 0 Å². The van der Waals surface area contributed by atoms with Crippen LogP contribution in [0.5, 0.6) is 0 Å². The molecule has 0 atom stereocenters. The third kappa shape index (κ3) is 3.27. The summed E-state index contributed by atoms with van der Waals surface area (Å²) in [5, 5.41) is 10.6. The largest absolute Gasteiger partial charge is 0.294 e. The molecule has 101 valence electrons. The lowest BCUT2D eigenvalue weighted by atomic mass is 10.1. The van der Waals surface area contributed by atoms with Crippen molar-refractivity contribution >= 4 is 20.2 Å². The van der Waals surface area contributed by atoms with Crippen LogP contribution >= 0.6 is 0 Å². The number of hydrogen-bond acceptors (Lipinski definition) is 4. The van der Waals surface area contributed by atoms with Crippen molar-refractivity contribution in [1.29, 1.82) is 0 Å². The van der Waals surface area contributed by atoms with E-state index in [0.717, 1.165) is 12.1 Å². The molecule has 0 saturated heterocycles. The molecule has 0 aliphatic rings. The first kappa shape index (κ1) is 15.1. The van der Waals surface area contributed by atoms with Gasteiger partial charge in [-0.05, 0) is 30.2 Å². The summed E-state index contributed by atoms with van der Waals surface area (Å²) >= 11 is 0. The van der Waals surface area contributed by atoms with Crippen LogP contribution in [-0.2, 0) is 31.8 Å². The maximum Gasteiger partial charge on any atom is 0.294 e. The van der Waals surface area contributed by atoms with Crippen molar-refractivity contribution in [2.24, 2.45) is 0 Å². The first-order valence-corrected chi connectivity index (χ1v) is 7.62. The van der Waals surface area contributed by atoms with E-state index in [-0.39, 0.29) is 5.56 Å². The molecule has 7 nitrogen and oxygen atoms in total. The van der Waals surface area contributed by atoms with Gasteiger partial charge in [-0.3, -0.25) is 9.11 Å². The Balaban J connectivity index is 3.79. The summed E-state index contributed by atoms with van der Waals surface area (Å²) in [4.78, 5) is -1.35. The molecule has 0 aliphatic carbocycles. The van der Waals surface area contributed by atoms with Crippen molar-refractivity contribution in [2.75, 3.05) is 6.61 Å². The maximum absolute atomic E-state index is 11.1. The fourth-order valence-corrected chi connectivity index (χ4v) is 3.34. The highest BCUT2D eigenvalue weighted by molar-refractivity contribution is 7.86. The van der Waals surface area contributed by atoms with Crippen LogP contribution in [0.2, 0.25) is 0 Å². The van der Waals surface area contributed by atoms with Gasteiger partial charge in [0.25, 0.3) is 20.2 Å². The minimum atomic E-state index is -4.68. The maximum atomic E-state index is 11.1. The van der Waals surface area contributed by atoms with E-state index < -0.39 is 48.6 Å². The molecule has 2 N–H and O–H groups in total. The van der Waals surface area contributed by atoms with E-state index in [1.165, 1.54) is 6.92 Å². The van der Waals surface area contributed by atoms with Crippen molar-refractivity contribution in [3.63, 3.8) is 0 Å². The lowest BCUT2D eigenvalue weighted by Crippen LogP contribution is -2.12. The quantitative estimate of drug-likeness (QED) is 0.776. The lowest BCUT2D eigenvalue weighted by molar-refractivity contribution is 0.196. The monoisotopic (exact) mass is 295 g/mol. The highest BCUT2D eigenvalue weighted by Crippen LogP contribution is 2.26. The van der Waals surface area contributed by atoms with Gasteiger partial charge in [0.05, 0.1) is 16.4 Å². The van der Waals surface area contributed by atoms with Gasteiger partial charge in [-0.25, -0.2) is 5.11 Å². The summed E-state index contributed by atoms with van der Waals surface area (Å²) in [6, 6.07) is 2.07. The van der Waals surface area contributed by atoms with Gasteiger partial charge in [0.2, 0.25) is 0 Å². The fraction of sp³-hybridized carbons (Fsp3) is 0.333. The highest BCUT2D eigenvalue weighted by atomic mass is 32.2. The minimum absolute atomic E-state index is 0.213. The summed E-state index contributed by atoms with van der Waals surface area (Å²) in [5.74, 6) is 0. The van der Waals surface area contributed by atoms with Crippen LogP contribution in [0.4, 0.5) is 0 Å². The second-order valence-electron chi connectivity index (χ2n) is 3.64. The molecule has 0 aliphatic heterocycles. The Hall–Kier alpha value is -1.00. The summed E-state index contributed by atoms with van der Waals surface area (Å²) in [7, 11) is -9.35. The second-order valence-corrected chi connectivity index (χ2v) is 6.42. The number of aryl methyl sites for hydroxylation is 1. The first-order valence-electron chi connectivity index (χ1n) is 4.74. The van der Waals surface area contributed by atoms with E-state index >= 15 is 0 Å². The number of rotatable bonds is 4. The lowest BCUT2D eigenvalue weighted by Gasteiger charge is -2.11. The van der Waals surface area contributed by atoms with Crippen LogP contribution in [0.3, 0.4) is 0 Å². The molecular formula is C9H11O7S2. The van der Waals surface area contributed by atoms with Gasteiger partial charge in [0, 0.05) is 6.42 Å². The van der Waals surface area contributed by atoms with Crippen molar-refractivity contribution in [2.45, 2.75) is 23.1 Å². The van der Waals surface area contributed by atoms with Crippen LogP contribution in [0.15, 0.2) is 21.9 Å². The highest BCUT2D eigenvalue weighted by Gasteiger charge is 2.24. The van der Waals surface area contributed by atoms with Crippen LogP contribution in [0, 0.1) is 6.92 Å². The first-order chi connectivity index (χ1) is 8.07. The summed E-state index contributed by atoms with van der Waals surface area (Å²) in [5.41, 5.74) is -0.189.